The maximum Gasteiger partial charge on any atom is 0.240 e. The predicted molar refractivity (Wildman–Crippen MR) is 73.1 cm³/mol. The first-order valence-corrected chi connectivity index (χ1v) is 7.51. The molecule has 0 amide bonds. The predicted octanol–water partition coefficient (Wildman–Crippen LogP) is 1.01. The highest BCUT2D eigenvalue weighted by Gasteiger charge is 2.14. The van der Waals surface area contributed by atoms with Gasteiger partial charge in [0.2, 0.25) is 10.0 Å². The van der Waals surface area contributed by atoms with Crippen molar-refractivity contribution in [1.82, 2.24) is 14.9 Å². The number of sulfonamides is 1. The van der Waals surface area contributed by atoms with Gasteiger partial charge in [0.15, 0.2) is 0 Å². The van der Waals surface area contributed by atoms with Gasteiger partial charge in [-0.2, -0.15) is 10.2 Å². The van der Waals surface area contributed by atoms with Gasteiger partial charge in [0.05, 0.1) is 23.2 Å². The Bertz CT molecular complexity index is 655. The van der Waals surface area contributed by atoms with Crippen molar-refractivity contribution in [2.24, 2.45) is 0 Å². The van der Waals surface area contributed by atoms with Gasteiger partial charge >= 0.3 is 0 Å². The third kappa shape index (κ3) is 3.60. The number of aromatic nitrogens is 2. The molecule has 20 heavy (non-hydrogen) atoms. The first kappa shape index (κ1) is 14.6. The minimum Gasteiger partial charge on any atom is -0.389 e. The molecule has 1 unspecified atom stereocenters. The van der Waals surface area contributed by atoms with Crippen LogP contribution in [0.25, 0.3) is 0 Å². The molecule has 6 nitrogen and oxygen atoms in total. The third-order valence-electron chi connectivity index (χ3n) is 2.74. The number of nitrogens with zero attached hydrogens (tertiary/aromatic N) is 2. The lowest BCUT2D eigenvalue weighted by Crippen LogP contribution is -2.23. The van der Waals surface area contributed by atoms with E-state index in [1.807, 2.05) is 0 Å². The summed E-state index contributed by atoms with van der Waals surface area (Å²) in [6.45, 7) is 1.70. The second-order valence-electron chi connectivity index (χ2n) is 4.28. The molecule has 2 aromatic rings. The lowest BCUT2D eigenvalue weighted by atomic mass is 10.1. The van der Waals surface area contributed by atoms with Crippen LogP contribution in [0.4, 0.5) is 0 Å². The summed E-state index contributed by atoms with van der Waals surface area (Å²) in [7, 11) is -3.60. The van der Waals surface area contributed by atoms with Crippen molar-refractivity contribution in [3.8, 4) is 0 Å². The Hall–Kier alpha value is -1.83. The highest BCUT2D eigenvalue weighted by Crippen LogP contribution is 2.15. The minimum absolute atomic E-state index is 0.0777. The van der Waals surface area contributed by atoms with Crippen LogP contribution in [0.3, 0.4) is 0 Å². The van der Waals surface area contributed by atoms with E-state index in [1.165, 1.54) is 18.3 Å². The van der Waals surface area contributed by atoms with Crippen molar-refractivity contribution in [2.45, 2.75) is 24.5 Å². The molecule has 1 heterocycles. The molecule has 0 saturated carbocycles. The Balaban J connectivity index is 2.10. The second kappa shape index (κ2) is 6.08. The number of hydrogen-bond acceptors (Lipinski definition) is 5. The summed E-state index contributed by atoms with van der Waals surface area (Å²) in [5.41, 5.74) is 1.20. The number of hydrogen-bond donors (Lipinski definition) is 2. The SMILES string of the molecule is CC(O)c1ccc(S(=O)(=O)NCc2cccnn2)cc1. The van der Waals surface area contributed by atoms with Crippen LogP contribution in [0.5, 0.6) is 0 Å². The van der Waals surface area contributed by atoms with E-state index in [0.717, 1.165) is 0 Å². The van der Waals surface area contributed by atoms with E-state index >= 15 is 0 Å². The van der Waals surface area contributed by atoms with Crippen LogP contribution in [-0.4, -0.2) is 23.7 Å². The average molecular weight is 293 g/mol. The molecule has 7 heteroatoms. The maximum atomic E-state index is 12.1. The molecular weight excluding hydrogens is 278 g/mol. The number of aliphatic hydroxyl groups is 1. The highest BCUT2D eigenvalue weighted by molar-refractivity contribution is 7.89. The largest absolute Gasteiger partial charge is 0.389 e. The number of rotatable bonds is 5. The fourth-order valence-corrected chi connectivity index (χ4v) is 2.60. The van der Waals surface area contributed by atoms with Crippen LogP contribution in [0.1, 0.15) is 24.3 Å². The topological polar surface area (TPSA) is 92.2 Å². The van der Waals surface area contributed by atoms with Gasteiger partial charge in [-0.1, -0.05) is 12.1 Å². The molecule has 0 aliphatic heterocycles. The lowest BCUT2D eigenvalue weighted by Gasteiger charge is -2.08. The summed E-state index contributed by atoms with van der Waals surface area (Å²) in [4.78, 5) is 0.144. The van der Waals surface area contributed by atoms with E-state index in [-0.39, 0.29) is 11.4 Å². The van der Waals surface area contributed by atoms with E-state index in [0.29, 0.717) is 11.3 Å². The third-order valence-corrected chi connectivity index (χ3v) is 4.16. The molecule has 0 saturated heterocycles. The Morgan fingerprint density at radius 1 is 1.25 bits per heavy atom. The van der Waals surface area contributed by atoms with Gasteiger partial charge in [0.25, 0.3) is 0 Å². The van der Waals surface area contributed by atoms with Gasteiger partial charge < -0.3 is 5.11 Å². The lowest BCUT2D eigenvalue weighted by molar-refractivity contribution is 0.199. The monoisotopic (exact) mass is 293 g/mol. The fraction of sp³-hybridized carbons (Fsp3) is 0.231. The molecular formula is C13H15N3O3S. The number of aliphatic hydroxyl groups excluding tert-OH is 1. The van der Waals surface area contributed by atoms with Gasteiger partial charge in [-0.05, 0) is 36.8 Å². The zero-order valence-corrected chi connectivity index (χ0v) is 11.7. The van der Waals surface area contributed by atoms with Crippen LogP contribution in [0, 0.1) is 0 Å². The molecule has 106 valence electrons. The standard InChI is InChI=1S/C13H15N3O3S/c1-10(17)11-4-6-13(7-5-11)20(18,19)15-9-12-3-2-8-14-16-12/h2-8,10,15,17H,9H2,1H3. The summed E-state index contributed by atoms with van der Waals surface area (Å²) in [6, 6.07) is 9.46. The zero-order valence-electron chi connectivity index (χ0n) is 10.9. The first-order chi connectivity index (χ1) is 9.49. The quantitative estimate of drug-likeness (QED) is 0.858. The molecule has 2 rings (SSSR count). The first-order valence-electron chi connectivity index (χ1n) is 6.03. The summed E-state index contributed by atoms with van der Waals surface area (Å²) < 4.78 is 26.6. The summed E-state index contributed by atoms with van der Waals surface area (Å²) >= 11 is 0. The van der Waals surface area contributed by atoms with E-state index < -0.39 is 16.1 Å². The van der Waals surface area contributed by atoms with Crippen LogP contribution < -0.4 is 4.72 Å². The zero-order chi connectivity index (χ0) is 14.6. The second-order valence-corrected chi connectivity index (χ2v) is 6.05. The smallest absolute Gasteiger partial charge is 0.240 e. The molecule has 0 aliphatic carbocycles. The van der Waals surface area contributed by atoms with Gasteiger partial charge in [-0.15, -0.1) is 0 Å². The van der Waals surface area contributed by atoms with Gasteiger partial charge in [-0.25, -0.2) is 13.1 Å². The van der Waals surface area contributed by atoms with Crippen LogP contribution in [0.2, 0.25) is 0 Å². The molecule has 2 N–H and O–H groups in total. The summed E-state index contributed by atoms with van der Waals surface area (Å²) in [6.07, 6.45) is 0.895. The Morgan fingerprint density at radius 3 is 2.50 bits per heavy atom. The normalized spacial score (nSPS) is 13.1. The molecule has 0 fully saturated rings. The van der Waals surface area contributed by atoms with Crippen molar-refractivity contribution < 1.29 is 13.5 Å². The van der Waals surface area contributed by atoms with Crippen molar-refractivity contribution in [3.63, 3.8) is 0 Å². The molecule has 1 aromatic carbocycles. The van der Waals surface area contributed by atoms with Crippen LogP contribution in [-0.2, 0) is 16.6 Å². The number of benzene rings is 1. The molecule has 0 aliphatic rings. The molecule has 0 bridgehead atoms. The van der Waals surface area contributed by atoms with E-state index in [9.17, 15) is 13.5 Å². The summed E-state index contributed by atoms with van der Waals surface area (Å²) in [5.74, 6) is 0. The molecule has 1 aromatic heterocycles. The van der Waals surface area contributed by atoms with E-state index in [1.54, 1.807) is 31.2 Å². The summed E-state index contributed by atoms with van der Waals surface area (Å²) in [5, 5.41) is 16.9. The fourth-order valence-electron chi connectivity index (χ4n) is 1.61. The van der Waals surface area contributed by atoms with Crippen LogP contribution in [0.15, 0.2) is 47.5 Å². The maximum absolute atomic E-state index is 12.1. The van der Waals surface area contributed by atoms with Crippen molar-refractivity contribution in [3.05, 3.63) is 53.9 Å². The van der Waals surface area contributed by atoms with Gasteiger partial charge in [-0.3, -0.25) is 0 Å². The Labute approximate surface area is 117 Å². The highest BCUT2D eigenvalue weighted by atomic mass is 32.2. The van der Waals surface area contributed by atoms with Gasteiger partial charge in [0.1, 0.15) is 0 Å². The molecule has 1 atom stereocenters. The van der Waals surface area contributed by atoms with Crippen molar-refractivity contribution >= 4 is 10.0 Å². The van der Waals surface area contributed by atoms with E-state index in [2.05, 4.69) is 14.9 Å². The van der Waals surface area contributed by atoms with Gasteiger partial charge in [0, 0.05) is 6.20 Å². The molecule has 0 radical (unpaired) electrons. The van der Waals surface area contributed by atoms with E-state index in [4.69, 9.17) is 0 Å². The average Bonchev–Trinajstić information content (AvgIpc) is 2.46. The van der Waals surface area contributed by atoms with Crippen molar-refractivity contribution in [1.29, 1.82) is 0 Å². The Kier molecular flexibility index (Phi) is 4.43. The molecule has 0 spiro atoms. The minimum atomic E-state index is -3.60. The van der Waals surface area contributed by atoms with Crippen LogP contribution >= 0.6 is 0 Å². The number of nitrogens with one attached hydrogen (secondary N) is 1. The van der Waals surface area contributed by atoms with Crippen molar-refractivity contribution in [2.75, 3.05) is 0 Å². The Morgan fingerprint density at radius 2 is 1.95 bits per heavy atom.